The van der Waals surface area contributed by atoms with Gasteiger partial charge in [0.25, 0.3) is 0 Å². The summed E-state index contributed by atoms with van der Waals surface area (Å²) in [7, 11) is 3.60. The number of halogens is 1. The Morgan fingerprint density at radius 2 is 1.88 bits per heavy atom. The fraction of sp³-hybridized carbons (Fsp3) is 0.529. The molecule has 0 aromatic heterocycles. The van der Waals surface area contributed by atoms with Gasteiger partial charge in [0.1, 0.15) is 12.4 Å². The van der Waals surface area contributed by atoms with E-state index in [-0.39, 0.29) is 42.0 Å². The average Bonchev–Trinajstić information content (AvgIpc) is 2.47. The molecule has 0 spiro atoms. The molecule has 24 heavy (non-hydrogen) atoms. The molecule has 7 heteroatoms. The van der Waals surface area contributed by atoms with Gasteiger partial charge in [-0.05, 0) is 32.9 Å². The number of para-hydroxylation sites is 1. The largest absolute Gasteiger partial charge is 0.492 e. The molecule has 0 saturated carbocycles. The van der Waals surface area contributed by atoms with Gasteiger partial charge in [-0.3, -0.25) is 9.79 Å². The molecule has 1 amide bonds. The average molecular weight is 448 g/mol. The van der Waals surface area contributed by atoms with Crippen LogP contribution in [0.3, 0.4) is 0 Å². The number of likely N-dealkylation sites (N-methyl/N-ethyl adjacent to an activating group) is 1. The highest BCUT2D eigenvalue weighted by molar-refractivity contribution is 14.0. The maximum atomic E-state index is 11.8. The summed E-state index contributed by atoms with van der Waals surface area (Å²) in [6, 6.07) is 9.67. The van der Waals surface area contributed by atoms with Crippen LogP contribution in [0.2, 0.25) is 0 Å². The lowest BCUT2D eigenvalue weighted by Crippen LogP contribution is -2.48. The minimum atomic E-state index is -0.238. The van der Waals surface area contributed by atoms with Crippen LogP contribution in [0.1, 0.15) is 20.8 Å². The fourth-order valence-electron chi connectivity index (χ4n) is 1.93. The summed E-state index contributed by atoms with van der Waals surface area (Å²) in [6.45, 7) is 7.24. The number of nitrogens with one attached hydrogen (secondary N) is 2. The quantitative estimate of drug-likeness (QED) is 0.398. The highest BCUT2D eigenvalue weighted by Crippen LogP contribution is 2.07. The molecule has 0 radical (unpaired) electrons. The van der Waals surface area contributed by atoms with Crippen LogP contribution in [0, 0.1) is 0 Å². The first-order chi connectivity index (χ1) is 10.8. The zero-order valence-electron chi connectivity index (χ0n) is 15.1. The van der Waals surface area contributed by atoms with Crippen LogP contribution in [0.5, 0.6) is 5.75 Å². The van der Waals surface area contributed by atoms with Crippen molar-refractivity contribution in [3.63, 3.8) is 0 Å². The van der Waals surface area contributed by atoms with E-state index < -0.39 is 0 Å². The van der Waals surface area contributed by atoms with Crippen LogP contribution in [0.25, 0.3) is 0 Å². The number of guanidine groups is 1. The number of rotatable bonds is 6. The smallest absolute Gasteiger partial charge is 0.239 e. The number of amides is 1. The lowest BCUT2D eigenvalue weighted by Gasteiger charge is -2.24. The molecule has 0 bridgehead atoms. The van der Waals surface area contributed by atoms with Crippen LogP contribution < -0.4 is 15.4 Å². The summed E-state index contributed by atoms with van der Waals surface area (Å²) in [5.41, 5.74) is -0.238. The Kier molecular flexibility index (Phi) is 10.4. The second kappa shape index (κ2) is 11.1. The van der Waals surface area contributed by atoms with E-state index in [1.807, 2.05) is 63.1 Å². The van der Waals surface area contributed by atoms with Crippen molar-refractivity contribution in [3.05, 3.63) is 30.3 Å². The SMILES string of the molecule is CN=C(NCC(=O)NC(C)(C)C)N(C)CCOc1ccccc1.I. The molecule has 0 heterocycles. The minimum Gasteiger partial charge on any atom is -0.492 e. The summed E-state index contributed by atoms with van der Waals surface area (Å²) in [6.07, 6.45) is 0. The van der Waals surface area contributed by atoms with Crippen LogP contribution in [-0.2, 0) is 4.79 Å². The lowest BCUT2D eigenvalue weighted by atomic mass is 10.1. The Morgan fingerprint density at radius 3 is 2.42 bits per heavy atom. The molecule has 0 aliphatic rings. The highest BCUT2D eigenvalue weighted by Gasteiger charge is 2.14. The topological polar surface area (TPSA) is 66.0 Å². The Balaban J connectivity index is 0.00000529. The molecule has 1 rings (SSSR count). The van der Waals surface area contributed by atoms with Crippen LogP contribution in [-0.4, -0.2) is 56.1 Å². The molecular weight excluding hydrogens is 419 g/mol. The van der Waals surface area contributed by atoms with Crippen molar-refractivity contribution < 1.29 is 9.53 Å². The number of nitrogens with zero attached hydrogens (tertiary/aromatic N) is 2. The number of aliphatic imine (C=N–C) groups is 1. The fourth-order valence-corrected chi connectivity index (χ4v) is 1.93. The van der Waals surface area contributed by atoms with Crippen LogP contribution in [0.15, 0.2) is 35.3 Å². The third-order valence-corrected chi connectivity index (χ3v) is 2.93. The summed E-state index contributed by atoms with van der Waals surface area (Å²) in [5.74, 6) is 1.44. The predicted molar refractivity (Wildman–Crippen MR) is 109 cm³/mol. The molecule has 0 unspecified atom stereocenters. The Labute approximate surface area is 162 Å². The van der Waals surface area contributed by atoms with E-state index in [2.05, 4.69) is 15.6 Å². The number of carbonyl (C=O) groups is 1. The molecule has 1 aromatic rings. The van der Waals surface area contributed by atoms with E-state index >= 15 is 0 Å². The van der Waals surface area contributed by atoms with E-state index in [4.69, 9.17) is 4.74 Å². The van der Waals surface area contributed by atoms with E-state index in [9.17, 15) is 4.79 Å². The molecule has 2 N–H and O–H groups in total. The Bertz CT molecular complexity index is 515. The zero-order chi connectivity index (χ0) is 17.3. The molecule has 1 aromatic carbocycles. The van der Waals surface area contributed by atoms with Crippen LogP contribution in [0.4, 0.5) is 0 Å². The number of hydrogen-bond donors (Lipinski definition) is 2. The maximum Gasteiger partial charge on any atom is 0.239 e. The second-order valence-electron chi connectivity index (χ2n) is 6.28. The van der Waals surface area contributed by atoms with Crippen molar-refractivity contribution in [2.75, 3.05) is 33.8 Å². The number of benzene rings is 1. The number of ether oxygens (including phenoxy) is 1. The molecule has 0 atom stereocenters. The first-order valence-corrected chi connectivity index (χ1v) is 7.72. The van der Waals surface area contributed by atoms with Crippen molar-refractivity contribution in [2.24, 2.45) is 4.99 Å². The normalized spacial score (nSPS) is 11.3. The monoisotopic (exact) mass is 448 g/mol. The van der Waals surface area contributed by atoms with Gasteiger partial charge in [-0.2, -0.15) is 0 Å². The van der Waals surface area contributed by atoms with Crippen LogP contribution >= 0.6 is 24.0 Å². The van der Waals surface area contributed by atoms with E-state index in [0.29, 0.717) is 19.1 Å². The van der Waals surface area contributed by atoms with E-state index in [0.717, 1.165) is 5.75 Å². The minimum absolute atomic E-state index is 0. The van der Waals surface area contributed by atoms with Gasteiger partial charge in [-0.25, -0.2) is 0 Å². The molecule has 0 aliphatic heterocycles. The first kappa shape index (κ1) is 22.5. The van der Waals surface area contributed by atoms with Gasteiger partial charge in [0, 0.05) is 19.6 Å². The maximum absolute atomic E-state index is 11.8. The molecule has 6 nitrogen and oxygen atoms in total. The number of carbonyl (C=O) groups excluding carboxylic acids is 1. The zero-order valence-corrected chi connectivity index (χ0v) is 17.5. The summed E-state index contributed by atoms with van der Waals surface area (Å²) >= 11 is 0. The van der Waals surface area contributed by atoms with Gasteiger partial charge >= 0.3 is 0 Å². The second-order valence-corrected chi connectivity index (χ2v) is 6.28. The molecular formula is C17H29IN4O2. The van der Waals surface area contributed by atoms with Gasteiger partial charge in [0.2, 0.25) is 5.91 Å². The standard InChI is InChI=1S/C17H28N4O2.HI/c1-17(2,3)20-15(22)13-19-16(18-4)21(5)11-12-23-14-9-7-6-8-10-14;/h6-10H,11-13H2,1-5H3,(H,18,19)(H,20,22);1H. The molecule has 0 aliphatic carbocycles. The van der Waals surface area contributed by atoms with Gasteiger partial charge < -0.3 is 20.3 Å². The Morgan fingerprint density at radius 1 is 1.25 bits per heavy atom. The summed E-state index contributed by atoms with van der Waals surface area (Å²) in [5, 5.41) is 5.95. The predicted octanol–water partition coefficient (Wildman–Crippen LogP) is 2.11. The highest BCUT2D eigenvalue weighted by atomic mass is 127. The third-order valence-electron chi connectivity index (χ3n) is 2.93. The molecule has 136 valence electrons. The van der Waals surface area contributed by atoms with Crippen molar-refractivity contribution in [1.82, 2.24) is 15.5 Å². The first-order valence-electron chi connectivity index (χ1n) is 7.72. The van der Waals surface area contributed by atoms with Gasteiger partial charge in [0.05, 0.1) is 13.1 Å². The van der Waals surface area contributed by atoms with E-state index in [1.54, 1.807) is 7.05 Å². The van der Waals surface area contributed by atoms with Crippen molar-refractivity contribution in [1.29, 1.82) is 0 Å². The summed E-state index contributed by atoms with van der Waals surface area (Å²) in [4.78, 5) is 17.9. The van der Waals surface area contributed by atoms with Crippen molar-refractivity contribution in [3.8, 4) is 5.75 Å². The van der Waals surface area contributed by atoms with Crippen molar-refractivity contribution in [2.45, 2.75) is 26.3 Å². The van der Waals surface area contributed by atoms with E-state index in [1.165, 1.54) is 0 Å². The summed E-state index contributed by atoms with van der Waals surface area (Å²) < 4.78 is 5.66. The lowest BCUT2D eigenvalue weighted by molar-refractivity contribution is -0.121. The van der Waals surface area contributed by atoms with Gasteiger partial charge in [-0.1, -0.05) is 18.2 Å². The third kappa shape index (κ3) is 9.59. The Hall–Kier alpha value is -1.51. The molecule has 0 fully saturated rings. The number of hydrogen-bond acceptors (Lipinski definition) is 3. The van der Waals surface area contributed by atoms with Crippen molar-refractivity contribution >= 4 is 35.8 Å². The van der Waals surface area contributed by atoms with Gasteiger partial charge in [-0.15, -0.1) is 24.0 Å². The molecule has 0 saturated heterocycles. The van der Waals surface area contributed by atoms with Gasteiger partial charge in [0.15, 0.2) is 5.96 Å².